The van der Waals surface area contributed by atoms with Crippen LogP contribution in [-0.2, 0) is 9.59 Å². The van der Waals surface area contributed by atoms with E-state index in [0.29, 0.717) is 16.8 Å². The lowest BCUT2D eigenvalue weighted by Gasteiger charge is -2.16. The molecule has 0 unspecified atom stereocenters. The summed E-state index contributed by atoms with van der Waals surface area (Å²) in [5.74, 6) is 1.77. The molecule has 26 heavy (non-hydrogen) atoms. The van der Waals surface area contributed by atoms with Gasteiger partial charge in [0.15, 0.2) is 5.16 Å². The third kappa shape index (κ3) is 4.33. The molecule has 1 heterocycles. The molecule has 3 rings (SSSR count). The molecule has 1 aliphatic rings. The normalized spacial score (nSPS) is 14.3. The highest BCUT2D eigenvalue weighted by molar-refractivity contribution is 7.99. The molecule has 1 fully saturated rings. The summed E-state index contributed by atoms with van der Waals surface area (Å²) in [6.07, 6.45) is 2.21. The van der Waals surface area contributed by atoms with E-state index in [-0.39, 0.29) is 17.1 Å². The van der Waals surface area contributed by atoms with Crippen LogP contribution in [0.2, 0.25) is 0 Å². The maximum absolute atomic E-state index is 12.3. The van der Waals surface area contributed by atoms with Gasteiger partial charge in [0.2, 0.25) is 5.91 Å². The molecule has 1 N–H and O–H groups in total. The molecule has 7 heteroatoms. The van der Waals surface area contributed by atoms with Crippen molar-refractivity contribution in [1.29, 1.82) is 0 Å². The van der Waals surface area contributed by atoms with Gasteiger partial charge in [-0.3, -0.25) is 14.2 Å². The lowest BCUT2D eigenvalue weighted by molar-refractivity contribution is -0.123. The van der Waals surface area contributed by atoms with Crippen LogP contribution in [-0.4, -0.2) is 32.2 Å². The van der Waals surface area contributed by atoms with E-state index in [1.165, 1.54) is 18.7 Å². The molecule has 0 bridgehead atoms. The predicted octanol–water partition coefficient (Wildman–Crippen LogP) is 3.81. The number of benzene rings is 1. The number of thioether (sulfide) groups is 1. The number of hydrogen-bond donors (Lipinski definition) is 1. The molecule has 138 valence electrons. The van der Waals surface area contributed by atoms with Gasteiger partial charge in [-0.25, -0.2) is 0 Å². The van der Waals surface area contributed by atoms with E-state index in [2.05, 4.69) is 15.5 Å². The third-order valence-electron chi connectivity index (χ3n) is 4.19. The number of nitrogens with one attached hydrogen (secondary N) is 1. The largest absolute Gasteiger partial charge is 0.326 e. The summed E-state index contributed by atoms with van der Waals surface area (Å²) >= 11 is 1.42. The third-order valence-corrected chi connectivity index (χ3v) is 5.12. The first-order valence-electron chi connectivity index (χ1n) is 8.75. The maximum Gasteiger partial charge on any atom is 0.221 e. The Bertz CT molecular complexity index is 834. The smallest absolute Gasteiger partial charge is 0.221 e. The number of amides is 1. The molecular weight excluding hydrogens is 348 g/mol. The van der Waals surface area contributed by atoms with E-state index in [1.807, 2.05) is 49.6 Å². The molecule has 1 amide bonds. The van der Waals surface area contributed by atoms with Gasteiger partial charge in [0, 0.05) is 23.9 Å². The molecule has 1 saturated carbocycles. The van der Waals surface area contributed by atoms with Crippen LogP contribution in [0.25, 0.3) is 5.69 Å². The summed E-state index contributed by atoms with van der Waals surface area (Å²) in [6, 6.07) is 7.62. The lowest BCUT2D eigenvalue weighted by Crippen LogP contribution is -2.22. The Morgan fingerprint density at radius 1 is 1.27 bits per heavy atom. The Hall–Kier alpha value is -2.15. The number of carbonyl (C=O) groups excluding carboxylic acids is 2. The molecule has 1 aromatic carbocycles. The van der Waals surface area contributed by atoms with Crippen LogP contribution in [0, 0.1) is 5.41 Å². The van der Waals surface area contributed by atoms with Crippen molar-refractivity contribution >= 4 is 29.1 Å². The first-order valence-corrected chi connectivity index (χ1v) is 9.73. The second kappa shape index (κ2) is 7.23. The number of ketones is 1. The molecule has 0 atom stereocenters. The van der Waals surface area contributed by atoms with Gasteiger partial charge in [0.05, 0.1) is 11.4 Å². The number of anilines is 1. The zero-order chi connectivity index (χ0) is 18.9. The Kier molecular flexibility index (Phi) is 5.18. The van der Waals surface area contributed by atoms with Gasteiger partial charge in [-0.15, -0.1) is 10.2 Å². The van der Waals surface area contributed by atoms with Gasteiger partial charge in [0.1, 0.15) is 11.6 Å². The average Bonchev–Trinajstić information content (AvgIpc) is 3.31. The van der Waals surface area contributed by atoms with Crippen molar-refractivity contribution in [3.05, 3.63) is 30.1 Å². The molecule has 0 radical (unpaired) electrons. The zero-order valence-corrected chi connectivity index (χ0v) is 16.4. The summed E-state index contributed by atoms with van der Waals surface area (Å²) in [7, 11) is 0. The van der Waals surface area contributed by atoms with E-state index in [9.17, 15) is 9.59 Å². The average molecular weight is 372 g/mol. The molecule has 0 aliphatic heterocycles. The second-order valence-corrected chi connectivity index (χ2v) is 8.59. The molecular formula is C19H24N4O2S. The SMILES string of the molecule is CC(=O)Nc1cccc(-n2c(SCC(=O)C(C)(C)C)nnc2C2CC2)c1. The Morgan fingerprint density at radius 3 is 2.62 bits per heavy atom. The molecule has 0 saturated heterocycles. The summed E-state index contributed by atoms with van der Waals surface area (Å²) < 4.78 is 2.02. The van der Waals surface area contributed by atoms with Gasteiger partial charge in [-0.05, 0) is 31.0 Å². The van der Waals surface area contributed by atoms with Crippen LogP contribution in [0.4, 0.5) is 5.69 Å². The van der Waals surface area contributed by atoms with Crippen molar-refractivity contribution in [2.45, 2.75) is 51.6 Å². The summed E-state index contributed by atoms with van der Waals surface area (Å²) in [5.41, 5.74) is 1.25. The van der Waals surface area contributed by atoms with Gasteiger partial charge < -0.3 is 5.32 Å². The molecule has 2 aromatic rings. The predicted molar refractivity (Wildman–Crippen MR) is 103 cm³/mol. The van der Waals surface area contributed by atoms with Crippen molar-refractivity contribution in [3.63, 3.8) is 0 Å². The first-order chi connectivity index (χ1) is 12.3. The minimum atomic E-state index is -0.373. The van der Waals surface area contributed by atoms with E-state index in [1.54, 1.807) is 0 Å². The summed E-state index contributed by atoms with van der Waals surface area (Å²) in [6.45, 7) is 7.26. The number of Topliss-reactive ketones (excluding diaryl/α,β-unsaturated/α-hetero) is 1. The number of rotatable bonds is 6. The van der Waals surface area contributed by atoms with Crippen LogP contribution in [0.15, 0.2) is 29.4 Å². The van der Waals surface area contributed by atoms with Crippen LogP contribution in [0.5, 0.6) is 0 Å². The Balaban J connectivity index is 1.91. The van der Waals surface area contributed by atoms with E-state index < -0.39 is 0 Å². The van der Waals surface area contributed by atoms with Gasteiger partial charge >= 0.3 is 0 Å². The number of hydrogen-bond acceptors (Lipinski definition) is 5. The van der Waals surface area contributed by atoms with Crippen LogP contribution >= 0.6 is 11.8 Å². The van der Waals surface area contributed by atoms with Crippen LogP contribution in [0.1, 0.15) is 52.3 Å². The fourth-order valence-corrected chi connectivity index (χ4v) is 3.62. The van der Waals surface area contributed by atoms with Gasteiger partial charge in [-0.1, -0.05) is 38.6 Å². The summed E-state index contributed by atoms with van der Waals surface area (Å²) in [4.78, 5) is 23.6. The monoisotopic (exact) mass is 372 g/mol. The van der Waals surface area contributed by atoms with E-state index in [0.717, 1.165) is 30.0 Å². The van der Waals surface area contributed by atoms with Gasteiger partial charge in [0.25, 0.3) is 0 Å². The fourth-order valence-electron chi connectivity index (χ4n) is 2.50. The van der Waals surface area contributed by atoms with Gasteiger partial charge in [-0.2, -0.15) is 0 Å². The van der Waals surface area contributed by atoms with E-state index >= 15 is 0 Å². The van der Waals surface area contributed by atoms with Crippen LogP contribution in [0.3, 0.4) is 0 Å². The van der Waals surface area contributed by atoms with Crippen molar-refractivity contribution in [2.24, 2.45) is 5.41 Å². The minimum Gasteiger partial charge on any atom is -0.326 e. The highest BCUT2D eigenvalue weighted by Gasteiger charge is 2.31. The standard InChI is InChI=1S/C19H24N4O2S/c1-12(24)20-14-6-5-7-15(10-14)23-17(13-8-9-13)21-22-18(23)26-11-16(25)19(2,3)4/h5-7,10,13H,8-9,11H2,1-4H3,(H,20,24). The Labute approximate surface area is 157 Å². The van der Waals surface area contributed by atoms with Crippen molar-refractivity contribution in [3.8, 4) is 5.69 Å². The molecule has 1 aliphatic carbocycles. The minimum absolute atomic E-state index is 0.112. The highest BCUT2D eigenvalue weighted by Crippen LogP contribution is 2.41. The topological polar surface area (TPSA) is 76.9 Å². The number of nitrogens with zero attached hydrogens (tertiary/aromatic N) is 3. The fraction of sp³-hybridized carbons (Fsp3) is 0.474. The summed E-state index contributed by atoms with van der Waals surface area (Å²) in [5, 5.41) is 12.2. The Morgan fingerprint density at radius 2 is 2.00 bits per heavy atom. The highest BCUT2D eigenvalue weighted by atomic mass is 32.2. The number of carbonyl (C=O) groups is 2. The van der Waals surface area contributed by atoms with Crippen LogP contribution < -0.4 is 5.32 Å². The van der Waals surface area contributed by atoms with E-state index in [4.69, 9.17) is 0 Å². The second-order valence-electron chi connectivity index (χ2n) is 7.64. The molecule has 1 aromatic heterocycles. The van der Waals surface area contributed by atoms with Crippen molar-refractivity contribution in [1.82, 2.24) is 14.8 Å². The quantitative estimate of drug-likeness (QED) is 0.780. The molecule has 6 nitrogen and oxygen atoms in total. The maximum atomic E-state index is 12.3. The zero-order valence-electron chi connectivity index (χ0n) is 15.6. The molecule has 0 spiro atoms. The first kappa shape index (κ1) is 18.6. The van der Waals surface area contributed by atoms with Crippen molar-refractivity contribution in [2.75, 3.05) is 11.1 Å². The van der Waals surface area contributed by atoms with Crippen molar-refractivity contribution < 1.29 is 9.59 Å². The number of aromatic nitrogens is 3. The lowest BCUT2D eigenvalue weighted by atomic mass is 9.92.